The number of hydrogen-bond acceptors (Lipinski definition) is 9. The fourth-order valence-electron chi connectivity index (χ4n) is 3.24. The third kappa shape index (κ3) is 12.2. The van der Waals surface area contributed by atoms with E-state index in [2.05, 4.69) is 15.1 Å². The molecule has 2 heterocycles. The van der Waals surface area contributed by atoms with Crippen LogP contribution in [-0.2, 0) is 20.2 Å². The summed E-state index contributed by atoms with van der Waals surface area (Å²) in [6.07, 6.45) is 0.461. The molecule has 13 heteroatoms. The number of β-amino-alcohol motifs (C(OH)–C–C–N with tert-alkyl or cyclic N) is 1. The Labute approximate surface area is 174 Å². The Balaban J connectivity index is 0.000000291. The maximum atomic E-state index is 10.9. The molecule has 0 amide bonds. The molecule has 0 spiro atoms. The highest BCUT2D eigenvalue weighted by molar-refractivity contribution is 7.86. The predicted octanol–water partition coefficient (Wildman–Crippen LogP) is -1.96. The van der Waals surface area contributed by atoms with E-state index in [9.17, 15) is 16.8 Å². The summed E-state index contributed by atoms with van der Waals surface area (Å²) in [4.78, 5) is 6.20. The van der Waals surface area contributed by atoms with Crippen molar-refractivity contribution in [3.8, 4) is 0 Å². The molecule has 1 atom stereocenters. The van der Waals surface area contributed by atoms with Crippen molar-refractivity contribution in [3.05, 3.63) is 0 Å². The van der Waals surface area contributed by atoms with E-state index in [-0.39, 0.29) is 12.4 Å². The molecular weight excluding hydrogens is 424 g/mol. The lowest BCUT2D eigenvalue weighted by Crippen LogP contribution is -2.48. The minimum Gasteiger partial charge on any atom is -0.395 e. The molecule has 11 nitrogen and oxygen atoms in total. The quantitative estimate of drug-likeness (QED) is 0.284. The van der Waals surface area contributed by atoms with Gasteiger partial charge in [0, 0.05) is 72.0 Å². The fourth-order valence-corrected chi connectivity index (χ4v) is 4.55. The Morgan fingerprint density at radius 2 is 1.38 bits per heavy atom. The molecule has 4 N–H and O–H groups in total. The van der Waals surface area contributed by atoms with Gasteiger partial charge in [-0.3, -0.25) is 23.8 Å². The van der Waals surface area contributed by atoms with Crippen LogP contribution in [0.4, 0.5) is 0 Å². The zero-order valence-electron chi connectivity index (χ0n) is 17.1. The zero-order chi connectivity index (χ0) is 21.9. The second kappa shape index (κ2) is 13.1. The number of nitrogens with zero attached hydrogens (tertiary/aromatic N) is 3. The number of aliphatic hydroxyl groups excluding tert-OH is 1. The summed E-state index contributed by atoms with van der Waals surface area (Å²) in [7, 11) is -7.72. The van der Waals surface area contributed by atoms with Crippen LogP contribution in [0.1, 0.15) is 13.3 Å². The van der Waals surface area contributed by atoms with Gasteiger partial charge in [-0.05, 0) is 6.42 Å². The molecule has 2 aliphatic heterocycles. The normalized spacial score (nSPS) is 21.4. The van der Waals surface area contributed by atoms with Gasteiger partial charge in [0.2, 0.25) is 0 Å². The molecular formula is C16H36N4O7S2. The third-order valence-corrected chi connectivity index (χ3v) is 7.12. The van der Waals surface area contributed by atoms with E-state index in [0.29, 0.717) is 26.1 Å². The van der Waals surface area contributed by atoms with Crippen molar-refractivity contribution in [2.75, 3.05) is 84.4 Å². The first-order chi connectivity index (χ1) is 13.5. The smallest absolute Gasteiger partial charge is 0.269 e. The second-order valence-corrected chi connectivity index (χ2v) is 10.6. The minimum absolute atomic E-state index is 0.158. The van der Waals surface area contributed by atoms with Gasteiger partial charge in [-0.2, -0.15) is 16.8 Å². The highest BCUT2D eigenvalue weighted by atomic mass is 32.2. The molecule has 0 aromatic carbocycles. The van der Waals surface area contributed by atoms with E-state index in [1.807, 2.05) is 4.90 Å². The average molecular weight is 461 g/mol. The summed E-state index contributed by atoms with van der Waals surface area (Å²) in [5.41, 5.74) is 0. The van der Waals surface area contributed by atoms with Crippen molar-refractivity contribution in [1.82, 2.24) is 20.0 Å². The van der Waals surface area contributed by atoms with Crippen molar-refractivity contribution in [2.45, 2.75) is 18.6 Å². The molecule has 29 heavy (non-hydrogen) atoms. The lowest BCUT2D eigenvalue weighted by molar-refractivity contribution is 0.116. The molecule has 2 fully saturated rings. The van der Waals surface area contributed by atoms with Crippen LogP contribution >= 0.6 is 0 Å². The van der Waals surface area contributed by atoms with Crippen LogP contribution in [0.3, 0.4) is 0 Å². The molecule has 1 unspecified atom stereocenters. The highest BCUT2D eigenvalue weighted by Gasteiger charge is 2.24. The van der Waals surface area contributed by atoms with Crippen LogP contribution in [0.5, 0.6) is 0 Å². The summed E-state index contributed by atoms with van der Waals surface area (Å²) < 4.78 is 60.5. The van der Waals surface area contributed by atoms with E-state index in [1.54, 1.807) is 6.92 Å². The summed E-state index contributed by atoms with van der Waals surface area (Å²) in [6.45, 7) is 10.2. The van der Waals surface area contributed by atoms with Crippen molar-refractivity contribution in [3.63, 3.8) is 0 Å². The predicted molar refractivity (Wildman–Crippen MR) is 111 cm³/mol. The lowest BCUT2D eigenvalue weighted by atomic mass is 10.3. The monoisotopic (exact) mass is 460 g/mol. The van der Waals surface area contributed by atoms with Crippen LogP contribution in [0.25, 0.3) is 0 Å². The van der Waals surface area contributed by atoms with Crippen molar-refractivity contribution in [2.24, 2.45) is 0 Å². The molecule has 0 radical (unpaired) electrons. The Morgan fingerprint density at radius 3 is 1.79 bits per heavy atom. The Hall–Kier alpha value is -0.380. The maximum Gasteiger partial charge on any atom is 0.269 e. The Morgan fingerprint density at radius 1 is 0.862 bits per heavy atom. The Kier molecular flexibility index (Phi) is 12.1. The van der Waals surface area contributed by atoms with Crippen LogP contribution in [-0.4, -0.2) is 135 Å². The highest BCUT2D eigenvalue weighted by Crippen LogP contribution is 2.07. The maximum absolute atomic E-state index is 10.9. The molecule has 0 aromatic heterocycles. The van der Waals surface area contributed by atoms with Gasteiger partial charge in [-0.25, -0.2) is 0 Å². The van der Waals surface area contributed by atoms with Crippen LogP contribution in [0.2, 0.25) is 0 Å². The number of aliphatic hydroxyl groups is 1. The summed E-state index contributed by atoms with van der Waals surface area (Å²) in [5.74, 6) is -0.201. The summed E-state index contributed by atoms with van der Waals surface area (Å²) in [6, 6.07) is 0. The zero-order valence-corrected chi connectivity index (χ0v) is 18.7. The summed E-state index contributed by atoms with van der Waals surface area (Å²) in [5, 5.41) is 11.3. The first kappa shape index (κ1) is 26.7. The number of piperazine rings is 2. The largest absolute Gasteiger partial charge is 0.395 e. The lowest BCUT2D eigenvalue weighted by Gasteiger charge is -2.33. The van der Waals surface area contributed by atoms with Crippen molar-refractivity contribution in [1.29, 1.82) is 0 Å². The minimum atomic E-state index is -3.88. The van der Waals surface area contributed by atoms with Gasteiger partial charge in [0.15, 0.2) is 0 Å². The molecule has 2 rings (SSSR count). The van der Waals surface area contributed by atoms with Gasteiger partial charge < -0.3 is 10.4 Å². The van der Waals surface area contributed by atoms with E-state index in [0.717, 1.165) is 52.4 Å². The van der Waals surface area contributed by atoms with Gasteiger partial charge in [0.25, 0.3) is 20.2 Å². The first-order valence-corrected chi connectivity index (χ1v) is 13.1. The molecule has 2 saturated heterocycles. The van der Waals surface area contributed by atoms with E-state index in [1.165, 1.54) is 0 Å². The third-order valence-electron chi connectivity index (χ3n) is 5.09. The van der Waals surface area contributed by atoms with Gasteiger partial charge in [0.1, 0.15) is 0 Å². The molecule has 2 aliphatic rings. The van der Waals surface area contributed by atoms with Gasteiger partial charge in [-0.15, -0.1) is 0 Å². The molecule has 0 aliphatic carbocycles. The molecule has 0 bridgehead atoms. The van der Waals surface area contributed by atoms with E-state index in [4.69, 9.17) is 14.2 Å². The average Bonchev–Trinajstić information content (AvgIpc) is 2.66. The van der Waals surface area contributed by atoms with Crippen LogP contribution < -0.4 is 5.32 Å². The molecule has 174 valence electrons. The number of hydrogen-bond donors (Lipinski definition) is 4. The fraction of sp³-hybridized carbons (Fsp3) is 1.00. The SMILES string of the molecule is CCC(CN1CCNCC1)S(=O)(=O)O.O=S(=O)(O)CCN1CCN(CCO)CC1. The standard InChI is InChI=1S/C8H18N2O4S.C8H18N2O3S/c11-7-5-9-1-3-10(4-2-9)6-8-15(12,13)14;1-2-8(14(11,12)13)7-10-5-3-9-4-6-10/h11H,1-8H2,(H,12,13,14);8-9H,2-7H2,1H3,(H,11,12,13). The van der Waals surface area contributed by atoms with Crippen LogP contribution in [0.15, 0.2) is 0 Å². The number of nitrogens with one attached hydrogen (secondary N) is 1. The van der Waals surface area contributed by atoms with Crippen molar-refractivity contribution >= 4 is 20.2 Å². The van der Waals surface area contributed by atoms with Crippen LogP contribution in [0, 0.1) is 0 Å². The van der Waals surface area contributed by atoms with Gasteiger partial charge >= 0.3 is 0 Å². The van der Waals surface area contributed by atoms with Crippen molar-refractivity contribution < 1.29 is 31.0 Å². The van der Waals surface area contributed by atoms with E-state index >= 15 is 0 Å². The number of rotatable bonds is 9. The molecule has 0 saturated carbocycles. The van der Waals surface area contributed by atoms with Gasteiger partial charge in [-0.1, -0.05) is 6.92 Å². The first-order valence-electron chi connectivity index (χ1n) is 9.95. The topological polar surface area (TPSA) is 151 Å². The van der Waals surface area contributed by atoms with Gasteiger partial charge in [0.05, 0.1) is 17.6 Å². The Bertz CT molecular complexity index is 646. The second-order valence-electron chi connectivity index (χ2n) is 7.29. The summed E-state index contributed by atoms with van der Waals surface area (Å²) >= 11 is 0. The van der Waals surface area contributed by atoms with E-state index < -0.39 is 25.5 Å². The molecule has 0 aromatic rings.